The van der Waals surface area contributed by atoms with Crippen LogP contribution in [0.3, 0.4) is 0 Å². The summed E-state index contributed by atoms with van der Waals surface area (Å²) in [6, 6.07) is 8.22. The molecule has 1 atom stereocenters. The predicted molar refractivity (Wildman–Crippen MR) is 81.9 cm³/mol. The van der Waals surface area contributed by atoms with Gasteiger partial charge in [-0.25, -0.2) is 0 Å². The van der Waals surface area contributed by atoms with Gasteiger partial charge in [-0.1, -0.05) is 49.1 Å². The Morgan fingerprint density at radius 3 is 2.70 bits per heavy atom. The SMILES string of the molecule is C[NH+](CC(=O)NC1CCCCC1)Cc1ccccc1Cl. The average molecular weight is 296 g/mol. The van der Waals surface area contributed by atoms with E-state index < -0.39 is 0 Å². The van der Waals surface area contributed by atoms with Crippen molar-refractivity contribution in [2.24, 2.45) is 0 Å². The summed E-state index contributed by atoms with van der Waals surface area (Å²) in [4.78, 5) is 13.2. The van der Waals surface area contributed by atoms with Crippen LogP contribution in [0, 0.1) is 0 Å². The molecule has 2 N–H and O–H groups in total. The van der Waals surface area contributed by atoms with E-state index in [0.717, 1.165) is 34.9 Å². The van der Waals surface area contributed by atoms with Gasteiger partial charge in [0.1, 0.15) is 6.54 Å². The van der Waals surface area contributed by atoms with Gasteiger partial charge in [0.2, 0.25) is 0 Å². The van der Waals surface area contributed by atoms with Crippen LogP contribution in [0.2, 0.25) is 5.02 Å². The topological polar surface area (TPSA) is 33.5 Å². The fourth-order valence-electron chi connectivity index (χ4n) is 2.83. The van der Waals surface area contributed by atoms with Gasteiger partial charge in [-0.15, -0.1) is 0 Å². The molecule has 0 saturated heterocycles. The number of quaternary nitrogens is 1. The number of carbonyl (C=O) groups is 1. The minimum Gasteiger partial charge on any atom is -0.348 e. The normalized spacial score (nSPS) is 17.7. The zero-order chi connectivity index (χ0) is 14.4. The summed E-state index contributed by atoms with van der Waals surface area (Å²) in [6.07, 6.45) is 6.06. The van der Waals surface area contributed by atoms with Gasteiger partial charge < -0.3 is 10.2 Å². The summed E-state index contributed by atoms with van der Waals surface area (Å²) in [5.41, 5.74) is 1.09. The molecular weight excluding hydrogens is 272 g/mol. The van der Waals surface area contributed by atoms with Crippen molar-refractivity contribution in [2.75, 3.05) is 13.6 Å². The molecule has 1 aliphatic rings. The highest BCUT2D eigenvalue weighted by Crippen LogP contribution is 2.17. The van der Waals surface area contributed by atoms with E-state index >= 15 is 0 Å². The van der Waals surface area contributed by atoms with Gasteiger partial charge in [-0.2, -0.15) is 0 Å². The van der Waals surface area contributed by atoms with Crippen molar-refractivity contribution in [1.82, 2.24) is 5.32 Å². The first-order valence-electron chi connectivity index (χ1n) is 7.49. The highest BCUT2D eigenvalue weighted by Gasteiger charge is 2.18. The molecule has 3 nitrogen and oxygen atoms in total. The summed E-state index contributed by atoms with van der Waals surface area (Å²) in [5.74, 6) is 0.154. The zero-order valence-corrected chi connectivity index (χ0v) is 12.9. The molecular formula is C16H24ClN2O+. The van der Waals surface area contributed by atoms with E-state index in [4.69, 9.17) is 11.6 Å². The Balaban J connectivity index is 1.77. The Hall–Kier alpha value is -1.06. The third-order valence-electron chi connectivity index (χ3n) is 3.88. The Morgan fingerprint density at radius 2 is 2.00 bits per heavy atom. The number of carbonyl (C=O) groups excluding carboxylic acids is 1. The standard InChI is InChI=1S/C16H23ClN2O/c1-19(11-13-7-5-6-10-15(13)17)12-16(20)18-14-8-3-2-4-9-14/h5-7,10,14H,2-4,8-9,11-12H2,1H3,(H,18,20)/p+1. The second kappa shape index (κ2) is 7.65. The second-order valence-electron chi connectivity index (χ2n) is 5.80. The van der Waals surface area contributed by atoms with E-state index in [9.17, 15) is 4.79 Å². The lowest BCUT2D eigenvalue weighted by Gasteiger charge is -2.23. The van der Waals surface area contributed by atoms with Crippen molar-refractivity contribution in [3.05, 3.63) is 34.9 Å². The lowest BCUT2D eigenvalue weighted by atomic mass is 9.95. The molecule has 20 heavy (non-hydrogen) atoms. The van der Waals surface area contributed by atoms with Crippen LogP contribution in [0.15, 0.2) is 24.3 Å². The lowest BCUT2D eigenvalue weighted by molar-refractivity contribution is -0.885. The molecule has 0 radical (unpaired) electrons. The quantitative estimate of drug-likeness (QED) is 0.853. The number of amides is 1. The van der Waals surface area contributed by atoms with Crippen molar-refractivity contribution in [3.63, 3.8) is 0 Å². The van der Waals surface area contributed by atoms with Crippen LogP contribution in [0.4, 0.5) is 0 Å². The van der Waals surface area contributed by atoms with Crippen LogP contribution in [0.1, 0.15) is 37.7 Å². The molecule has 0 bridgehead atoms. The molecule has 1 amide bonds. The van der Waals surface area contributed by atoms with Gasteiger partial charge in [0.15, 0.2) is 6.54 Å². The Labute approximate surface area is 126 Å². The molecule has 1 aromatic rings. The van der Waals surface area contributed by atoms with Gasteiger partial charge in [-0.3, -0.25) is 4.79 Å². The van der Waals surface area contributed by atoms with Gasteiger partial charge in [-0.05, 0) is 18.9 Å². The number of hydrogen-bond acceptors (Lipinski definition) is 1. The van der Waals surface area contributed by atoms with Crippen LogP contribution in [0.5, 0.6) is 0 Å². The van der Waals surface area contributed by atoms with Crippen molar-refractivity contribution in [2.45, 2.75) is 44.7 Å². The highest BCUT2D eigenvalue weighted by atomic mass is 35.5. The lowest BCUT2D eigenvalue weighted by Crippen LogP contribution is -3.09. The first-order valence-corrected chi connectivity index (χ1v) is 7.87. The van der Waals surface area contributed by atoms with Crippen molar-refractivity contribution >= 4 is 17.5 Å². The average Bonchev–Trinajstić information content (AvgIpc) is 2.42. The van der Waals surface area contributed by atoms with E-state index in [1.807, 2.05) is 31.3 Å². The monoisotopic (exact) mass is 295 g/mol. The summed E-state index contributed by atoms with van der Waals surface area (Å²) < 4.78 is 0. The number of likely N-dealkylation sites (N-methyl/N-ethyl adjacent to an activating group) is 1. The van der Waals surface area contributed by atoms with E-state index in [-0.39, 0.29) is 5.91 Å². The van der Waals surface area contributed by atoms with E-state index in [2.05, 4.69) is 5.32 Å². The Morgan fingerprint density at radius 1 is 1.30 bits per heavy atom. The molecule has 0 aromatic heterocycles. The maximum Gasteiger partial charge on any atom is 0.275 e. The van der Waals surface area contributed by atoms with E-state index in [1.54, 1.807) is 0 Å². The summed E-state index contributed by atoms with van der Waals surface area (Å²) in [5, 5.41) is 3.93. The van der Waals surface area contributed by atoms with Crippen molar-refractivity contribution in [1.29, 1.82) is 0 Å². The third-order valence-corrected chi connectivity index (χ3v) is 4.25. The smallest absolute Gasteiger partial charge is 0.275 e. The molecule has 0 heterocycles. The molecule has 0 spiro atoms. The Bertz CT molecular complexity index is 444. The largest absolute Gasteiger partial charge is 0.348 e. The van der Waals surface area contributed by atoms with Gasteiger partial charge in [0.25, 0.3) is 5.91 Å². The van der Waals surface area contributed by atoms with Crippen LogP contribution in [0.25, 0.3) is 0 Å². The van der Waals surface area contributed by atoms with Gasteiger partial charge in [0, 0.05) is 16.6 Å². The van der Waals surface area contributed by atoms with Gasteiger partial charge in [0.05, 0.1) is 7.05 Å². The molecule has 1 aromatic carbocycles. The number of rotatable bonds is 5. The predicted octanol–water partition coefficient (Wildman–Crippen LogP) is 1.80. The van der Waals surface area contributed by atoms with Crippen molar-refractivity contribution < 1.29 is 9.69 Å². The molecule has 4 heteroatoms. The Kier molecular flexibility index (Phi) is 5.86. The second-order valence-corrected chi connectivity index (χ2v) is 6.21. The van der Waals surface area contributed by atoms with E-state index in [1.165, 1.54) is 19.3 Å². The molecule has 1 saturated carbocycles. The minimum atomic E-state index is 0.154. The minimum absolute atomic E-state index is 0.154. The molecule has 2 rings (SSSR count). The van der Waals surface area contributed by atoms with Crippen LogP contribution >= 0.6 is 11.6 Å². The maximum absolute atomic E-state index is 12.0. The first kappa shape index (κ1) is 15.3. The van der Waals surface area contributed by atoms with E-state index in [0.29, 0.717) is 12.6 Å². The zero-order valence-electron chi connectivity index (χ0n) is 12.1. The first-order chi connectivity index (χ1) is 9.65. The molecule has 1 aliphatic carbocycles. The molecule has 1 unspecified atom stereocenters. The molecule has 110 valence electrons. The molecule has 1 fully saturated rings. The maximum atomic E-state index is 12.0. The summed E-state index contributed by atoms with van der Waals surface area (Å²) >= 11 is 6.15. The van der Waals surface area contributed by atoms with Crippen LogP contribution in [-0.2, 0) is 11.3 Å². The summed E-state index contributed by atoms with van der Waals surface area (Å²) in [6.45, 7) is 1.28. The third kappa shape index (κ3) is 4.80. The van der Waals surface area contributed by atoms with Crippen LogP contribution in [-0.4, -0.2) is 25.5 Å². The fraction of sp³-hybridized carbons (Fsp3) is 0.562. The highest BCUT2D eigenvalue weighted by molar-refractivity contribution is 6.31. The fourth-order valence-corrected chi connectivity index (χ4v) is 3.03. The number of hydrogen-bond donors (Lipinski definition) is 2. The summed E-state index contributed by atoms with van der Waals surface area (Å²) in [7, 11) is 2.03. The number of halogens is 1. The van der Waals surface area contributed by atoms with Gasteiger partial charge >= 0.3 is 0 Å². The van der Waals surface area contributed by atoms with Crippen molar-refractivity contribution in [3.8, 4) is 0 Å². The number of nitrogens with one attached hydrogen (secondary N) is 2. The molecule has 0 aliphatic heterocycles. The number of benzene rings is 1. The van der Waals surface area contributed by atoms with Crippen LogP contribution < -0.4 is 10.2 Å².